The van der Waals surface area contributed by atoms with E-state index in [0.717, 1.165) is 16.7 Å². The van der Waals surface area contributed by atoms with Crippen molar-refractivity contribution in [1.82, 2.24) is 0 Å². The van der Waals surface area contributed by atoms with Crippen molar-refractivity contribution in [2.45, 2.75) is 4.90 Å². The Bertz CT molecular complexity index is 886. The lowest BCUT2D eigenvalue weighted by Gasteiger charge is -2.14. The minimum absolute atomic E-state index is 0.0833. The van der Waals surface area contributed by atoms with Crippen LogP contribution in [0, 0.1) is 0 Å². The Labute approximate surface area is 129 Å². The molecule has 110 valence electrons. The molecule has 4 heteroatoms. The van der Waals surface area contributed by atoms with Gasteiger partial charge in [0.25, 0.3) is 10.1 Å². The monoisotopic (exact) mass is 310 g/mol. The molecule has 22 heavy (non-hydrogen) atoms. The van der Waals surface area contributed by atoms with Crippen LogP contribution in [-0.4, -0.2) is 13.0 Å². The minimum Gasteiger partial charge on any atom is -0.282 e. The van der Waals surface area contributed by atoms with Gasteiger partial charge in [-0.05, 0) is 22.8 Å². The van der Waals surface area contributed by atoms with Crippen LogP contribution in [-0.2, 0) is 10.1 Å². The molecule has 0 aliphatic heterocycles. The largest absolute Gasteiger partial charge is 0.295 e. The SMILES string of the molecule is O=S(=O)(O)c1cccc(-c2ccccc2)c1-c1ccccc1. The number of benzene rings is 3. The van der Waals surface area contributed by atoms with Crippen LogP contribution in [0.5, 0.6) is 0 Å². The molecule has 3 nitrogen and oxygen atoms in total. The van der Waals surface area contributed by atoms with Gasteiger partial charge in [-0.15, -0.1) is 0 Å². The van der Waals surface area contributed by atoms with Gasteiger partial charge in [0.05, 0.1) is 0 Å². The van der Waals surface area contributed by atoms with Crippen molar-refractivity contribution >= 4 is 10.1 Å². The standard InChI is InChI=1S/C18H14O3S/c19-22(20,21)17-13-7-12-16(14-8-3-1-4-9-14)18(17)15-10-5-2-6-11-15/h1-13H,(H,19,20,21). The first-order chi connectivity index (χ1) is 10.6. The fourth-order valence-electron chi connectivity index (χ4n) is 2.51. The normalized spacial score (nSPS) is 11.3. The van der Waals surface area contributed by atoms with Crippen LogP contribution in [0.3, 0.4) is 0 Å². The first-order valence-electron chi connectivity index (χ1n) is 6.79. The number of hydrogen-bond acceptors (Lipinski definition) is 2. The van der Waals surface area contributed by atoms with Crippen LogP contribution in [0.15, 0.2) is 83.8 Å². The number of hydrogen-bond donors (Lipinski definition) is 1. The predicted octanol–water partition coefficient (Wildman–Crippen LogP) is 4.27. The second-order valence-corrected chi connectivity index (χ2v) is 6.28. The summed E-state index contributed by atoms with van der Waals surface area (Å²) in [7, 11) is -4.31. The Kier molecular flexibility index (Phi) is 3.79. The third-order valence-corrected chi connectivity index (χ3v) is 4.35. The lowest BCUT2D eigenvalue weighted by Crippen LogP contribution is -2.02. The Hall–Kier alpha value is -2.43. The molecule has 0 aromatic heterocycles. The van der Waals surface area contributed by atoms with Gasteiger partial charge in [0.15, 0.2) is 0 Å². The zero-order valence-electron chi connectivity index (χ0n) is 11.7. The van der Waals surface area contributed by atoms with E-state index in [2.05, 4.69) is 0 Å². The molecule has 0 fully saturated rings. The van der Waals surface area contributed by atoms with Crippen molar-refractivity contribution in [3.8, 4) is 22.3 Å². The summed E-state index contributed by atoms with van der Waals surface area (Å²) in [4.78, 5) is -0.0833. The van der Waals surface area contributed by atoms with E-state index in [1.54, 1.807) is 6.07 Å². The lowest BCUT2D eigenvalue weighted by molar-refractivity contribution is 0.483. The van der Waals surface area contributed by atoms with Crippen LogP contribution in [0.25, 0.3) is 22.3 Å². The van der Waals surface area contributed by atoms with Gasteiger partial charge in [-0.3, -0.25) is 4.55 Å². The maximum absolute atomic E-state index is 11.8. The molecule has 0 atom stereocenters. The van der Waals surface area contributed by atoms with Crippen LogP contribution >= 0.6 is 0 Å². The van der Waals surface area contributed by atoms with Gasteiger partial charge in [0.2, 0.25) is 0 Å². The summed E-state index contributed by atoms with van der Waals surface area (Å²) >= 11 is 0. The third-order valence-electron chi connectivity index (χ3n) is 3.45. The fourth-order valence-corrected chi connectivity index (χ4v) is 3.24. The van der Waals surface area contributed by atoms with Gasteiger partial charge in [0, 0.05) is 5.56 Å². The molecule has 0 aliphatic carbocycles. The summed E-state index contributed by atoms with van der Waals surface area (Å²) in [6, 6.07) is 23.6. The molecule has 0 spiro atoms. The molecule has 1 N–H and O–H groups in total. The predicted molar refractivity (Wildman–Crippen MR) is 87.1 cm³/mol. The van der Waals surface area contributed by atoms with E-state index >= 15 is 0 Å². The summed E-state index contributed by atoms with van der Waals surface area (Å²) in [6.45, 7) is 0. The van der Waals surface area contributed by atoms with Crippen LogP contribution in [0.1, 0.15) is 0 Å². The van der Waals surface area contributed by atoms with Gasteiger partial charge >= 0.3 is 0 Å². The lowest BCUT2D eigenvalue weighted by atomic mass is 9.94. The molecule has 0 heterocycles. The minimum atomic E-state index is -4.31. The van der Waals surface area contributed by atoms with E-state index in [4.69, 9.17) is 0 Å². The zero-order valence-corrected chi connectivity index (χ0v) is 12.5. The maximum atomic E-state index is 11.8. The van der Waals surface area contributed by atoms with Crippen molar-refractivity contribution in [3.63, 3.8) is 0 Å². The smallest absolute Gasteiger partial charge is 0.282 e. The van der Waals surface area contributed by atoms with E-state index in [-0.39, 0.29) is 4.90 Å². The molecule has 3 aromatic rings. The summed E-state index contributed by atoms with van der Waals surface area (Å²) in [6.07, 6.45) is 0. The second kappa shape index (κ2) is 5.75. The molecule has 3 rings (SSSR count). The fraction of sp³-hybridized carbons (Fsp3) is 0. The van der Waals surface area contributed by atoms with Gasteiger partial charge in [-0.1, -0.05) is 72.8 Å². The van der Waals surface area contributed by atoms with Crippen LogP contribution in [0.2, 0.25) is 0 Å². The topological polar surface area (TPSA) is 54.4 Å². The third kappa shape index (κ3) is 2.79. The molecule has 0 bridgehead atoms. The van der Waals surface area contributed by atoms with E-state index < -0.39 is 10.1 Å². The van der Waals surface area contributed by atoms with E-state index in [9.17, 15) is 13.0 Å². The molecule has 0 unspecified atom stereocenters. The van der Waals surface area contributed by atoms with E-state index in [1.165, 1.54) is 6.07 Å². The molecular formula is C18H14O3S. The molecule has 0 aliphatic rings. The highest BCUT2D eigenvalue weighted by Crippen LogP contribution is 2.36. The number of rotatable bonds is 3. The summed E-state index contributed by atoms with van der Waals surface area (Å²) in [5.74, 6) is 0. The second-order valence-electron chi connectivity index (χ2n) is 4.89. The van der Waals surface area contributed by atoms with Crippen molar-refractivity contribution in [1.29, 1.82) is 0 Å². The highest BCUT2D eigenvalue weighted by atomic mass is 32.2. The van der Waals surface area contributed by atoms with E-state index in [1.807, 2.05) is 66.7 Å². The van der Waals surface area contributed by atoms with Crippen LogP contribution in [0.4, 0.5) is 0 Å². The van der Waals surface area contributed by atoms with Crippen molar-refractivity contribution in [2.24, 2.45) is 0 Å². The zero-order chi connectivity index (χ0) is 15.6. The first kappa shape index (κ1) is 14.5. The van der Waals surface area contributed by atoms with Crippen molar-refractivity contribution in [3.05, 3.63) is 78.9 Å². The van der Waals surface area contributed by atoms with Crippen molar-refractivity contribution < 1.29 is 13.0 Å². The van der Waals surface area contributed by atoms with Crippen molar-refractivity contribution in [2.75, 3.05) is 0 Å². The van der Waals surface area contributed by atoms with Gasteiger partial charge in [0.1, 0.15) is 4.90 Å². The van der Waals surface area contributed by atoms with Crippen LogP contribution < -0.4 is 0 Å². The Balaban J connectivity index is 2.37. The molecule has 0 saturated carbocycles. The quantitative estimate of drug-likeness (QED) is 0.735. The summed E-state index contributed by atoms with van der Waals surface area (Å²) < 4.78 is 33.1. The summed E-state index contributed by atoms with van der Waals surface area (Å²) in [5, 5.41) is 0. The maximum Gasteiger partial charge on any atom is 0.295 e. The molecular weight excluding hydrogens is 296 g/mol. The highest BCUT2D eigenvalue weighted by molar-refractivity contribution is 7.86. The molecule has 0 amide bonds. The first-order valence-corrected chi connectivity index (χ1v) is 8.23. The average molecular weight is 310 g/mol. The van der Waals surface area contributed by atoms with Gasteiger partial charge in [-0.2, -0.15) is 8.42 Å². The Morgan fingerprint density at radius 3 is 1.73 bits per heavy atom. The Morgan fingerprint density at radius 1 is 0.636 bits per heavy atom. The van der Waals surface area contributed by atoms with Gasteiger partial charge < -0.3 is 0 Å². The average Bonchev–Trinajstić information content (AvgIpc) is 2.55. The van der Waals surface area contributed by atoms with Gasteiger partial charge in [-0.25, -0.2) is 0 Å². The summed E-state index contributed by atoms with van der Waals surface area (Å²) in [5.41, 5.74) is 2.92. The van der Waals surface area contributed by atoms with E-state index in [0.29, 0.717) is 5.56 Å². The molecule has 0 radical (unpaired) electrons. The highest BCUT2D eigenvalue weighted by Gasteiger charge is 2.20. The molecule has 3 aromatic carbocycles. The Morgan fingerprint density at radius 2 is 1.18 bits per heavy atom. The molecule has 0 saturated heterocycles.